The topological polar surface area (TPSA) is 112 Å². The fraction of sp³-hybridized carbons (Fsp3) is 0.615. The summed E-state index contributed by atoms with van der Waals surface area (Å²) in [6.07, 6.45) is 4.34. The SMILES string of the molecule is CCCCCNC(=O)C(c1ccccc1C)N(CC#N)C(=O)C(CCSC)NC(=O)OC(C)(C)C. The number of carbonyl (C=O) groups excluding carboxylic acids is 3. The number of nitrogens with zero attached hydrogens (tertiary/aromatic N) is 2. The summed E-state index contributed by atoms with van der Waals surface area (Å²) in [5.74, 6) is -0.242. The van der Waals surface area contributed by atoms with Crippen LogP contribution >= 0.6 is 11.8 Å². The van der Waals surface area contributed by atoms with Gasteiger partial charge in [0.2, 0.25) is 11.8 Å². The van der Waals surface area contributed by atoms with Crippen molar-refractivity contribution in [3.8, 4) is 6.07 Å². The number of benzene rings is 1. The Labute approximate surface area is 214 Å². The normalized spacial score (nSPS) is 12.7. The second-order valence-corrected chi connectivity index (χ2v) is 10.3. The maximum atomic E-state index is 13.8. The van der Waals surface area contributed by atoms with E-state index in [1.807, 2.05) is 31.4 Å². The number of carbonyl (C=O) groups is 3. The van der Waals surface area contributed by atoms with Crippen molar-refractivity contribution in [1.82, 2.24) is 15.5 Å². The Bertz CT molecular complexity index is 879. The molecule has 194 valence electrons. The number of ether oxygens (including phenoxy) is 1. The van der Waals surface area contributed by atoms with E-state index in [2.05, 4.69) is 17.6 Å². The average molecular weight is 505 g/mol. The number of unbranched alkanes of at least 4 members (excludes halogenated alkanes) is 2. The van der Waals surface area contributed by atoms with Gasteiger partial charge in [0.1, 0.15) is 24.2 Å². The van der Waals surface area contributed by atoms with E-state index in [0.717, 1.165) is 24.8 Å². The first kappa shape index (κ1) is 30.3. The molecule has 0 spiro atoms. The van der Waals surface area contributed by atoms with Crippen molar-refractivity contribution in [2.75, 3.05) is 25.1 Å². The van der Waals surface area contributed by atoms with E-state index < -0.39 is 29.7 Å². The molecular formula is C26H40N4O4S. The second kappa shape index (κ2) is 15.3. The molecule has 0 aliphatic carbocycles. The number of nitriles is 1. The number of amides is 3. The van der Waals surface area contributed by atoms with E-state index in [4.69, 9.17) is 4.74 Å². The molecule has 1 rings (SSSR count). The van der Waals surface area contributed by atoms with Crippen molar-refractivity contribution in [3.05, 3.63) is 35.4 Å². The summed E-state index contributed by atoms with van der Waals surface area (Å²) < 4.78 is 5.35. The number of rotatable bonds is 13. The third-order valence-corrected chi connectivity index (χ3v) is 5.89. The van der Waals surface area contributed by atoms with Gasteiger partial charge < -0.3 is 20.3 Å². The number of aryl methyl sites for hydroxylation is 1. The molecule has 0 bridgehead atoms. The van der Waals surface area contributed by atoms with Gasteiger partial charge in [-0.05, 0) is 63.7 Å². The number of thioether (sulfide) groups is 1. The standard InChI is InChI=1S/C26H40N4O4S/c1-7-8-11-16-28-23(31)22(20-13-10-9-12-19(20)2)30(17-15-27)24(32)21(14-18-35-6)29-25(33)34-26(3,4)5/h9-10,12-13,21-22H,7-8,11,14,16-18H2,1-6H3,(H,28,31)(H,29,33). The minimum absolute atomic E-state index is 0.300. The molecule has 0 heterocycles. The smallest absolute Gasteiger partial charge is 0.408 e. The van der Waals surface area contributed by atoms with Crippen LogP contribution in [0, 0.1) is 18.3 Å². The average Bonchev–Trinajstić information content (AvgIpc) is 2.78. The Balaban J connectivity index is 3.34. The van der Waals surface area contributed by atoms with Crippen molar-refractivity contribution in [2.24, 2.45) is 0 Å². The maximum Gasteiger partial charge on any atom is 0.408 e. The van der Waals surface area contributed by atoms with Crippen molar-refractivity contribution in [3.63, 3.8) is 0 Å². The van der Waals surface area contributed by atoms with E-state index >= 15 is 0 Å². The predicted octanol–water partition coefficient (Wildman–Crippen LogP) is 4.34. The van der Waals surface area contributed by atoms with Gasteiger partial charge in [-0.25, -0.2) is 4.79 Å². The monoisotopic (exact) mass is 504 g/mol. The third-order valence-electron chi connectivity index (χ3n) is 5.25. The second-order valence-electron chi connectivity index (χ2n) is 9.36. The molecule has 0 saturated carbocycles. The third kappa shape index (κ3) is 10.6. The van der Waals surface area contributed by atoms with E-state index in [1.165, 1.54) is 16.7 Å². The van der Waals surface area contributed by atoms with Crippen LogP contribution in [0.4, 0.5) is 4.79 Å². The molecule has 0 fully saturated rings. The molecule has 8 nitrogen and oxygen atoms in total. The predicted molar refractivity (Wildman–Crippen MR) is 140 cm³/mol. The van der Waals surface area contributed by atoms with Crippen LogP contribution in [0.2, 0.25) is 0 Å². The molecule has 2 atom stereocenters. The Hall–Kier alpha value is -2.73. The highest BCUT2D eigenvalue weighted by atomic mass is 32.2. The van der Waals surface area contributed by atoms with Crippen LogP contribution in [-0.2, 0) is 14.3 Å². The van der Waals surface area contributed by atoms with Gasteiger partial charge in [0.25, 0.3) is 0 Å². The highest BCUT2D eigenvalue weighted by Gasteiger charge is 2.36. The van der Waals surface area contributed by atoms with Crippen LogP contribution in [0.25, 0.3) is 0 Å². The van der Waals surface area contributed by atoms with Gasteiger partial charge in [0.15, 0.2) is 0 Å². The summed E-state index contributed by atoms with van der Waals surface area (Å²) >= 11 is 1.53. The summed E-state index contributed by atoms with van der Waals surface area (Å²) in [5, 5.41) is 15.2. The van der Waals surface area contributed by atoms with Crippen LogP contribution in [0.15, 0.2) is 24.3 Å². The lowest BCUT2D eigenvalue weighted by molar-refractivity contribution is -0.141. The van der Waals surface area contributed by atoms with Gasteiger partial charge in [-0.2, -0.15) is 17.0 Å². The molecule has 35 heavy (non-hydrogen) atoms. The quantitative estimate of drug-likeness (QED) is 0.305. The zero-order valence-electron chi connectivity index (χ0n) is 21.8. The fourth-order valence-electron chi connectivity index (χ4n) is 3.54. The first-order valence-electron chi connectivity index (χ1n) is 12.0. The van der Waals surface area contributed by atoms with Gasteiger partial charge in [0.05, 0.1) is 6.07 Å². The van der Waals surface area contributed by atoms with Crippen LogP contribution in [0.3, 0.4) is 0 Å². The van der Waals surface area contributed by atoms with E-state index in [1.54, 1.807) is 32.9 Å². The Kier molecular flexibility index (Phi) is 13.2. The van der Waals surface area contributed by atoms with E-state index in [0.29, 0.717) is 24.3 Å². The van der Waals surface area contributed by atoms with Crippen LogP contribution in [0.1, 0.15) is 70.5 Å². The van der Waals surface area contributed by atoms with Crippen LogP contribution in [0.5, 0.6) is 0 Å². The number of alkyl carbamates (subject to hydrolysis) is 1. The molecular weight excluding hydrogens is 464 g/mol. The van der Waals surface area contributed by atoms with Crippen molar-refractivity contribution in [1.29, 1.82) is 5.26 Å². The lowest BCUT2D eigenvalue weighted by atomic mass is 9.98. The van der Waals surface area contributed by atoms with E-state index in [-0.39, 0.29) is 12.5 Å². The minimum atomic E-state index is -0.998. The van der Waals surface area contributed by atoms with Crippen LogP contribution in [-0.4, -0.2) is 59.5 Å². The number of hydrogen-bond acceptors (Lipinski definition) is 6. The summed E-state index contributed by atoms with van der Waals surface area (Å²) in [5.41, 5.74) is 0.744. The highest BCUT2D eigenvalue weighted by molar-refractivity contribution is 7.98. The zero-order valence-corrected chi connectivity index (χ0v) is 22.7. The molecule has 2 N–H and O–H groups in total. The molecule has 1 aromatic rings. The zero-order chi connectivity index (χ0) is 26.4. The molecule has 3 amide bonds. The van der Waals surface area contributed by atoms with E-state index in [9.17, 15) is 19.6 Å². The Morgan fingerprint density at radius 2 is 1.89 bits per heavy atom. The molecule has 9 heteroatoms. The van der Waals surface area contributed by atoms with Gasteiger partial charge in [-0.3, -0.25) is 9.59 Å². The van der Waals surface area contributed by atoms with Crippen molar-refractivity contribution in [2.45, 2.75) is 78.0 Å². The molecule has 0 saturated heterocycles. The first-order valence-corrected chi connectivity index (χ1v) is 13.4. The molecule has 0 aliphatic heterocycles. The summed E-state index contributed by atoms with van der Waals surface area (Å²) in [7, 11) is 0. The molecule has 2 unspecified atom stereocenters. The summed E-state index contributed by atoms with van der Waals surface area (Å²) in [6, 6.07) is 7.41. The molecule has 0 radical (unpaired) electrons. The minimum Gasteiger partial charge on any atom is -0.444 e. The maximum absolute atomic E-state index is 13.8. The summed E-state index contributed by atoms with van der Waals surface area (Å²) in [4.78, 5) is 40.9. The molecule has 1 aromatic carbocycles. The molecule has 0 aromatic heterocycles. The summed E-state index contributed by atoms with van der Waals surface area (Å²) in [6.45, 7) is 9.35. The lowest BCUT2D eigenvalue weighted by Crippen LogP contribution is -2.53. The number of nitrogens with one attached hydrogen (secondary N) is 2. The van der Waals surface area contributed by atoms with Gasteiger partial charge in [0, 0.05) is 6.54 Å². The fourth-order valence-corrected chi connectivity index (χ4v) is 4.01. The van der Waals surface area contributed by atoms with Gasteiger partial charge in [-0.1, -0.05) is 44.0 Å². The molecule has 0 aliphatic rings. The Morgan fingerprint density at radius 1 is 1.20 bits per heavy atom. The Morgan fingerprint density at radius 3 is 2.46 bits per heavy atom. The van der Waals surface area contributed by atoms with Crippen molar-refractivity contribution >= 4 is 29.7 Å². The number of hydrogen-bond donors (Lipinski definition) is 2. The lowest BCUT2D eigenvalue weighted by Gasteiger charge is -2.33. The largest absolute Gasteiger partial charge is 0.444 e. The van der Waals surface area contributed by atoms with Crippen molar-refractivity contribution < 1.29 is 19.1 Å². The first-order chi connectivity index (χ1) is 16.6. The highest BCUT2D eigenvalue weighted by Crippen LogP contribution is 2.26. The van der Waals surface area contributed by atoms with Gasteiger partial charge >= 0.3 is 6.09 Å². The van der Waals surface area contributed by atoms with Gasteiger partial charge in [-0.15, -0.1) is 0 Å². The van der Waals surface area contributed by atoms with Crippen LogP contribution < -0.4 is 10.6 Å².